The van der Waals surface area contributed by atoms with Crippen LogP contribution in [0.15, 0.2) is 0 Å². The third kappa shape index (κ3) is 60.2. The number of hydrogen-bond acceptors (Lipinski definition) is 7. The van der Waals surface area contributed by atoms with Crippen molar-refractivity contribution in [3.05, 3.63) is 0 Å². The van der Waals surface area contributed by atoms with Gasteiger partial charge in [0.05, 0.1) is 24.1 Å². The predicted octanol–water partition coefficient (Wildman–Crippen LogP) is 3.94. The van der Waals surface area contributed by atoms with E-state index in [2.05, 4.69) is 0 Å². The minimum Gasteiger partial charge on any atom is -0.395 e. The first-order chi connectivity index (χ1) is 9.94. The second-order valence-electron chi connectivity index (χ2n) is 3.04. The van der Waals surface area contributed by atoms with E-state index in [1.165, 1.54) is 0 Å². The van der Waals surface area contributed by atoms with E-state index in [0.717, 1.165) is 6.16 Å². The molecule has 0 saturated heterocycles. The van der Waals surface area contributed by atoms with Gasteiger partial charge in [-0.25, -0.2) is 0 Å². The highest BCUT2D eigenvalue weighted by molar-refractivity contribution is 7.26. The molecule has 0 aliphatic carbocycles. The van der Waals surface area contributed by atoms with Crippen LogP contribution in [0.1, 0.15) is 28.2 Å². The average molecular weight is 392 g/mol. The monoisotopic (exact) mass is 392 g/mol. The highest BCUT2D eigenvalue weighted by atomic mass is 31.1. The summed E-state index contributed by atoms with van der Waals surface area (Å²) in [6.07, 6.45) is 2.11. The van der Waals surface area contributed by atoms with Crippen molar-refractivity contribution in [1.29, 1.82) is 0 Å². The summed E-state index contributed by atoms with van der Waals surface area (Å²) in [6.45, 7) is 5.15. The standard InChI is InChI=1S/C3H7O2P.C3H5O2P.C2H3O2P.C2H5OP.CH4/c2*1-3(2-4)6-5;3-1-2-5-4;1-2-4-3;/h3-4H,2H2,1H3;2-3H,1H3;1H,2H2;2H2,1H3;1H4. The molecule has 7 nitrogen and oxygen atoms in total. The zero-order valence-corrected chi connectivity index (χ0v) is 15.7. The Morgan fingerprint density at radius 1 is 1.00 bits per heavy atom. The van der Waals surface area contributed by atoms with Gasteiger partial charge in [-0.05, 0) is 13.8 Å². The number of aliphatic hydroxyl groups is 1. The molecular formula is C11H24O7P4. The van der Waals surface area contributed by atoms with Crippen LogP contribution >= 0.6 is 33.8 Å². The molecule has 130 valence electrons. The summed E-state index contributed by atoms with van der Waals surface area (Å²) in [4.78, 5) is 18.7. The van der Waals surface area contributed by atoms with Crippen molar-refractivity contribution >= 4 is 46.4 Å². The molecule has 0 rings (SSSR count). The van der Waals surface area contributed by atoms with E-state index in [-0.39, 0.29) is 65.4 Å². The number of aldehydes is 2. The molecule has 0 aromatic carbocycles. The number of carbonyl (C=O) groups excluding carboxylic acids is 2. The van der Waals surface area contributed by atoms with Crippen molar-refractivity contribution in [2.45, 2.75) is 39.5 Å². The van der Waals surface area contributed by atoms with Crippen molar-refractivity contribution in [3.63, 3.8) is 0 Å². The van der Waals surface area contributed by atoms with Crippen molar-refractivity contribution < 1.29 is 33.0 Å². The van der Waals surface area contributed by atoms with Gasteiger partial charge in [0.25, 0.3) is 0 Å². The lowest BCUT2D eigenvalue weighted by molar-refractivity contribution is -0.107. The van der Waals surface area contributed by atoms with Crippen LogP contribution in [0, 0.1) is 0 Å². The van der Waals surface area contributed by atoms with Gasteiger partial charge in [-0.15, -0.1) is 0 Å². The Kier molecular flexibility index (Phi) is 56.3. The summed E-state index contributed by atoms with van der Waals surface area (Å²) in [5, 5.41) is 8.13. The highest BCUT2D eigenvalue weighted by Crippen LogP contribution is 2.01. The van der Waals surface area contributed by atoms with Crippen LogP contribution in [0.4, 0.5) is 0 Å². The third-order valence-electron chi connectivity index (χ3n) is 1.09. The van der Waals surface area contributed by atoms with Crippen LogP contribution in [0.2, 0.25) is 0 Å². The van der Waals surface area contributed by atoms with E-state index in [1.54, 1.807) is 13.8 Å². The summed E-state index contributed by atoms with van der Waals surface area (Å²) in [5.74, 6) is 0. The average Bonchev–Trinajstić information content (AvgIpc) is 2.55. The van der Waals surface area contributed by atoms with Gasteiger partial charge >= 0.3 is 0 Å². The van der Waals surface area contributed by atoms with Gasteiger partial charge in [-0.3, -0.25) is 18.3 Å². The predicted molar refractivity (Wildman–Crippen MR) is 90.7 cm³/mol. The Hall–Kier alpha value is -0.300. The number of rotatable bonds is 7. The molecule has 0 aliphatic rings. The molecule has 0 radical (unpaired) electrons. The lowest BCUT2D eigenvalue weighted by Crippen LogP contribution is -1.95. The molecule has 2 atom stereocenters. The second-order valence-corrected chi connectivity index (χ2v) is 6.67. The third-order valence-corrected chi connectivity index (χ3v) is 2.62. The first-order valence-electron chi connectivity index (χ1n) is 5.68. The summed E-state index contributed by atoms with van der Waals surface area (Å²) >= 11 is 0. The Morgan fingerprint density at radius 3 is 1.45 bits per heavy atom. The minimum atomic E-state index is -0.329. The van der Waals surface area contributed by atoms with Crippen LogP contribution in [0.25, 0.3) is 0 Å². The molecule has 2 unspecified atom stereocenters. The molecule has 0 fully saturated rings. The summed E-state index contributed by atoms with van der Waals surface area (Å²) in [7, 11) is 0.0984. The molecule has 22 heavy (non-hydrogen) atoms. The Bertz CT molecular complexity index is 263. The van der Waals surface area contributed by atoms with Gasteiger partial charge in [-0.2, -0.15) is 0 Å². The quantitative estimate of drug-likeness (QED) is 0.514. The van der Waals surface area contributed by atoms with E-state index in [4.69, 9.17) is 5.11 Å². The van der Waals surface area contributed by atoms with Crippen molar-refractivity contribution in [2.75, 3.05) is 18.9 Å². The molecule has 0 heterocycles. The van der Waals surface area contributed by atoms with Crippen LogP contribution < -0.4 is 0 Å². The maximum Gasteiger partial charge on any atom is 0.166 e. The zero-order valence-electron chi connectivity index (χ0n) is 12.1. The largest absolute Gasteiger partial charge is 0.395 e. The van der Waals surface area contributed by atoms with Crippen molar-refractivity contribution in [2.24, 2.45) is 0 Å². The molecule has 0 bridgehead atoms. The fraction of sp³-hybridized carbons (Fsp3) is 0.818. The highest BCUT2D eigenvalue weighted by Gasteiger charge is 1.92. The first kappa shape index (κ1) is 33.3. The molecule has 0 spiro atoms. The molecular weight excluding hydrogens is 368 g/mol. The number of carbonyl (C=O) groups is 2. The Balaban J connectivity index is -0.0000000582. The van der Waals surface area contributed by atoms with E-state index in [9.17, 15) is 27.8 Å². The second kappa shape index (κ2) is 37.2. The molecule has 0 aromatic heterocycles. The van der Waals surface area contributed by atoms with E-state index >= 15 is 0 Å². The van der Waals surface area contributed by atoms with Crippen molar-refractivity contribution in [1.82, 2.24) is 0 Å². The van der Waals surface area contributed by atoms with Gasteiger partial charge in [0.15, 0.2) is 33.8 Å². The van der Waals surface area contributed by atoms with Crippen LogP contribution in [0.3, 0.4) is 0 Å². The smallest absolute Gasteiger partial charge is 0.166 e. The van der Waals surface area contributed by atoms with Gasteiger partial charge in [0.2, 0.25) is 0 Å². The van der Waals surface area contributed by atoms with Crippen LogP contribution in [0.5, 0.6) is 0 Å². The molecule has 0 aromatic rings. The summed E-state index contributed by atoms with van der Waals surface area (Å²) in [6, 6.07) is 0. The lowest BCUT2D eigenvalue weighted by atomic mass is 10.5. The fourth-order valence-electron chi connectivity index (χ4n) is 0.0886. The topological polar surface area (TPSA) is 123 Å². The van der Waals surface area contributed by atoms with Crippen LogP contribution in [-0.4, -0.2) is 47.9 Å². The maximum absolute atomic E-state index is 9.67. The molecule has 0 saturated carbocycles. The molecule has 0 aliphatic heterocycles. The van der Waals surface area contributed by atoms with Crippen LogP contribution in [-0.2, 0) is 27.8 Å². The van der Waals surface area contributed by atoms with Gasteiger partial charge in [0, 0.05) is 6.16 Å². The molecule has 1 N–H and O–H groups in total. The first-order valence-corrected chi connectivity index (χ1v) is 9.44. The molecule has 0 amide bonds. The number of hydrogen-bond donors (Lipinski definition) is 1. The van der Waals surface area contributed by atoms with Crippen molar-refractivity contribution in [3.8, 4) is 0 Å². The molecule has 11 heteroatoms. The minimum absolute atomic E-state index is 0. The van der Waals surface area contributed by atoms with E-state index in [0.29, 0.717) is 12.6 Å². The lowest BCUT2D eigenvalue weighted by Gasteiger charge is -1.87. The Labute approximate surface area is 138 Å². The van der Waals surface area contributed by atoms with Gasteiger partial charge in [0.1, 0.15) is 12.6 Å². The zero-order chi connectivity index (χ0) is 17.5. The maximum atomic E-state index is 9.67. The summed E-state index contributed by atoms with van der Waals surface area (Å²) in [5.41, 5.74) is -0.421. The summed E-state index contributed by atoms with van der Waals surface area (Å²) < 4.78 is 37.8. The van der Waals surface area contributed by atoms with E-state index in [1.807, 2.05) is 6.92 Å². The Morgan fingerprint density at radius 2 is 1.45 bits per heavy atom. The van der Waals surface area contributed by atoms with Gasteiger partial charge < -0.3 is 14.7 Å². The van der Waals surface area contributed by atoms with E-state index < -0.39 is 0 Å². The fourth-order valence-corrected chi connectivity index (χ4v) is 0.266. The number of aliphatic hydroxyl groups excluding tert-OH is 1. The van der Waals surface area contributed by atoms with Gasteiger partial charge in [-0.1, -0.05) is 14.4 Å². The normalized spacial score (nSPS) is 11.3. The SMILES string of the molecule is C.CC(C=O)P=O.CC(CO)P=O.CCP=O.O=CCP=O.